The van der Waals surface area contributed by atoms with Crippen molar-refractivity contribution in [1.82, 2.24) is 14.7 Å². The lowest BCUT2D eigenvalue weighted by atomic mass is 10.3. The summed E-state index contributed by atoms with van der Waals surface area (Å²) in [6.07, 6.45) is 2.49. The van der Waals surface area contributed by atoms with E-state index in [-0.39, 0.29) is 0 Å². The molecule has 1 aromatic heterocycles. The van der Waals surface area contributed by atoms with Crippen LogP contribution in [0.5, 0.6) is 0 Å². The highest BCUT2D eigenvalue weighted by atomic mass is 79.9. The molecule has 1 heterocycles. The van der Waals surface area contributed by atoms with Crippen LogP contribution in [-0.2, 0) is 13.6 Å². The normalized spacial score (nSPS) is 11.4. The molecule has 0 aromatic carbocycles. The van der Waals surface area contributed by atoms with Crippen molar-refractivity contribution in [3.63, 3.8) is 0 Å². The highest BCUT2D eigenvalue weighted by Crippen LogP contribution is 2.21. The lowest BCUT2D eigenvalue weighted by Gasteiger charge is -2.21. The van der Waals surface area contributed by atoms with Gasteiger partial charge in [-0.25, -0.2) is 0 Å². The number of rotatable bonds is 7. The fourth-order valence-corrected chi connectivity index (χ4v) is 2.80. The van der Waals surface area contributed by atoms with E-state index in [4.69, 9.17) is 0 Å². The summed E-state index contributed by atoms with van der Waals surface area (Å²) in [7, 11) is 2.01. The highest BCUT2D eigenvalue weighted by molar-refractivity contribution is 9.10. The first kappa shape index (κ1) is 15.2. The number of hydrogen-bond donors (Lipinski definition) is 0. The topological polar surface area (TPSA) is 21.1 Å². The molecule has 0 bridgehead atoms. The predicted molar refractivity (Wildman–Crippen MR) is 79.6 cm³/mol. The van der Waals surface area contributed by atoms with Crippen LogP contribution in [0.15, 0.2) is 4.47 Å². The van der Waals surface area contributed by atoms with Gasteiger partial charge in [0.05, 0.1) is 15.9 Å². The summed E-state index contributed by atoms with van der Waals surface area (Å²) in [6.45, 7) is 7.46. The molecule has 0 saturated carbocycles. The van der Waals surface area contributed by atoms with Crippen molar-refractivity contribution < 1.29 is 0 Å². The minimum Gasteiger partial charge on any atom is -0.297 e. The molecule has 1 rings (SSSR count). The Hall–Kier alpha value is 0.130. The highest BCUT2D eigenvalue weighted by Gasteiger charge is 2.14. The van der Waals surface area contributed by atoms with Gasteiger partial charge in [0.25, 0.3) is 0 Å². The van der Waals surface area contributed by atoms with Crippen LogP contribution in [0, 0.1) is 6.92 Å². The molecule has 17 heavy (non-hydrogen) atoms. The van der Waals surface area contributed by atoms with Crippen molar-refractivity contribution in [3.05, 3.63) is 15.9 Å². The molecule has 5 heteroatoms. The summed E-state index contributed by atoms with van der Waals surface area (Å²) >= 11 is 7.15. The second kappa shape index (κ2) is 7.54. The first-order chi connectivity index (χ1) is 8.10. The maximum absolute atomic E-state index is 4.44. The molecule has 0 atom stereocenters. The SMILES string of the molecule is CCCCN(CCBr)Cc1c(Br)c(C)nn1C. The zero-order valence-corrected chi connectivity index (χ0v) is 14.0. The summed E-state index contributed by atoms with van der Waals surface area (Å²) in [5.41, 5.74) is 2.33. The summed E-state index contributed by atoms with van der Waals surface area (Å²) in [5.74, 6) is 0. The third-order valence-electron chi connectivity index (χ3n) is 2.86. The van der Waals surface area contributed by atoms with E-state index in [2.05, 4.69) is 48.8 Å². The Bertz CT molecular complexity index is 350. The number of nitrogens with zero attached hydrogens (tertiary/aromatic N) is 3. The summed E-state index contributed by atoms with van der Waals surface area (Å²) in [5, 5.41) is 5.45. The van der Waals surface area contributed by atoms with Crippen LogP contribution in [0.25, 0.3) is 0 Å². The van der Waals surface area contributed by atoms with Crippen LogP contribution in [0.2, 0.25) is 0 Å². The first-order valence-corrected chi connectivity index (χ1v) is 7.97. The second-order valence-electron chi connectivity index (χ2n) is 4.29. The van der Waals surface area contributed by atoms with Crippen molar-refractivity contribution in [2.24, 2.45) is 7.05 Å². The quantitative estimate of drug-likeness (QED) is 0.688. The van der Waals surface area contributed by atoms with Crippen molar-refractivity contribution in [3.8, 4) is 0 Å². The van der Waals surface area contributed by atoms with Gasteiger partial charge in [0.2, 0.25) is 0 Å². The molecule has 98 valence electrons. The Kier molecular flexibility index (Phi) is 6.74. The van der Waals surface area contributed by atoms with Crippen LogP contribution >= 0.6 is 31.9 Å². The molecule has 0 aliphatic heterocycles. The van der Waals surface area contributed by atoms with Crippen LogP contribution < -0.4 is 0 Å². The average molecular weight is 367 g/mol. The van der Waals surface area contributed by atoms with Crippen LogP contribution in [-0.4, -0.2) is 33.1 Å². The van der Waals surface area contributed by atoms with Crippen LogP contribution in [0.4, 0.5) is 0 Å². The monoisotopic (exact) mass is 365 g/mol. The predicted octanol–water partition coefficient (Wildman–Crippen LogP) is 3.49. The van der Waals surface area contributed by atoms with Crippen molar-refractivity contribution >= 4 is 31.9 Å². The molecule has 0 saturated heterocycles. The molecular weight excluding hydrogens is 346 g/mol. The van der Waals surface area contributed by atoms with Gasteiger partial charge < -0.3 is 0 Å². The van der Waals surface area contributed by atoms with Gasteiger partial charge in [-0.2, -0.15) is 5.10 Å². The molecule has 3 nitrogen and oxygen atoms in total. The largest absolute Gasteiger partial charge is 0.297 e. The Morgan fingerprint density at radius 1 is 1.35 bits per heavy atom. The minimum atomic E-state index is 0.962. The van der Waals surface area contributed by atoms with E-state index in [0.29, 0.717) is 0 Å². The van der Waals surface area contributed by atoms with Gasteiger partial charge in [0.1, 0.15) is 0 Å². The van der Waals surface area contributed by atoms with E-state index in [0.717, 1.165) is 35.1 Å². The van der Waals surface area contributed by atoms with Gasteiger partial charge in [0, 0.05) is 25.5 Å². The van der Waals surface area contributed by atoms with Crippen molar-refractivity contribution in [2.45, 2.75) is 33.2 Å². The number of aromatic nitrogens is 2. The standard InChI is InChI=1S/C12H21Br2N3/c1-4-5-7-17(8-6-13)9-11-12(14)10(2)15-16(11)3/h4-9H2,1-3H3. The number of alkyl halides is 1. The molecule has 0 aliphatic carbocycles. The van der Waals surface area contributed by atoms with E-state index in [1.165, 1.54) is 18.5 Å². The average Bonchev–Trinajstić information content (AvgIpc) is 2.53. The zero-order valence-electron chi connectivity index (χ0n) is 10.8. The summed E-state index contributed by atoms with van der Waals surface area (Å²) in [6, 6.07) is 0. The Labute approximate surface area is 121 Å². The molecular formula is C12H21Br2N3. The lowest BCUT2D eigenvalue weighted by Crippen LogP contribution is -2.27. The lowest BCUT2D eigenvalue weighted by molar-refractivity contribution is 0.270. The van der Waals surface area contributed by atoms with Gasteiger partial charge in [0.15, 0.2) is 0 Å². The van der Waals surface area contributed by atoms with Crippen LogP contribution in [0.1, 0.15) is 31.2 Å². The first-order valence-electron chi connectivity index (χ1n) is 6.06. The molecule has 0 N–H and O–H groups in total. The third kappa shape index (κ3) is 4.38. The Morgan fingerprint density at radius 3 is 2.53 bits per heavy atom. The smallest absolute Gasteiger partial charge is 0.0739 e. The van der Waals surface area contributed by atoms with Crippen LogP contribution in [0.3, 0.4) is 0 Å². The van der Waals surface area contributed by atoms with Gasteiger partial charge >= 0.3 is 0 Å². The van der Waals surface area contributed by atoms with Gasteiger partial charge in [-0.3, -0.25) is 9.58 Å². The molecule has 0 radical (unpaired) electrons. The summed E-state index contributed by atoms with van der Waals surface area (Å²) < 4.78 is 3.13. The number of aryl methyl sites for hydroxylation is 2. The maximum atomic E-state index is 4.44. The Morgan fingerprint density at radius 2 is 2.06 bits per heavy atom. The van der Waals surface area contributed by atoms with E-state index in [1.807, 2.05) is 18.7 Å². The molecule has 0 amide bonds. The van der Waals surface area contributed by atoms with E-state index >= 15 is 0 Å². The molecule has 0 spiro atoms. The van der Waals surface area contributed by atoms with E-state index in [1.54, 1.807) is 0 Å². The van der Waals surface area contributed by atoms with Gasteiger partial charge in [-0.1, -0.05) is 29.3 Å². The maximum Gasteiger partial charge on any atom is 0.0739 e. The molecule has 0 fully saturated rings. The van der Waals surface area contributed by atoms with E-state index < -0.39 is 0 Å². The molecule has 0 aliphatic rings. The van der Waals surface area contributed by atoms with Crippen molar-refractivity contribution in [1.29, 1.82) is 0 Å². The second-order valence-corrected chi connectivity index (χ2v) is 5.87. The number of hydrogen-bond acceptors (Lipinski definition) is 2. The number of halogens is 2. The Balaban J connectivity index is 2.70. The van der Waals surface area contributed by atoms with Gasteiger partial charge in [-0.05, 0) is 35.8 Å². The fraction of sp³-hybridized carbons (Fsp3) is 0.750. The fourth-order valence-electron chi connectivity index (χ4n) is 1.83. The minimum absolute atomic E-state index is 0.962. The van der Waals surface area contributed by atoms with Gasteiger partial charge in [-0.15, -0.1) is 0 Å². The third-order valence-corrected chi connectivity index (χ3v) is 4.25. The zero-order chi connectivity index (χ0) is 12.8. The molecule has 1 aromatic rings. The van der Waals surface area contributed by atoms with Crippen molar-refractivity contribution in [2.75, 3.05) is 18.4 Å². The van der Waals surface area contributed by atoms with E-state index in [9.17, 15) is 0 Å². The summed E-state index contributed by atoms with van der Waals surface area (Å²) in [4.78, 5) is 2.47. The number of unbranched alkanes of at least 4 members (excludes halogenated alkanes) is 1. The molecule has 0 unspecified atom stereocenters.